The Morgan fingerprint density at radius 2 is 1.91 bits per heavy atom. The van der Waals surface area contributed by atoms with E-state index in [0.717, 1.165) is 29.1 Å². The van der Waals surface area contributed by atoms with Crippen LogP contribution in [-0.4, -0.2) is 42.6 Å². The molecule has 0 aromatic heterocycles. The van der Waals surface area contributed by atoms with Crippen LogP contribution >= 0.6 is 11.8 Å². The van der Waals surface area contributed by atoms with Gasteiger partial charge in [-0.1, -0.05) is 6.07 Å². The van der Waals surface area contributed by atoms with Crippen molar-refractivity contribution in [1.82, 2.24) is 5.32 Å². The van der Waals surface area contributed by atoms with Crippen molar-refractivity contribution < 1.29 is 14.3 Å². The zero-order valence-electron chi connectivity index (χ0n) is 13.2. The Balaban J connectivity index is 1.90. The number of amides is 2. The maximum Gasteiger partial charge on any atom is 0.313 e. The van der Waals surface area contributed by atoms with E-state index in [9.17, 15) is 9.59 Å². The summed E-state index contributed by atoms with van der Waals surface area (Å²) in [5.74, 6) is 0.565. The Morgan fingerprint density at radius 3 is 2.45 bits per heavy atom. The second kappa shape index (κ2) is 7.15. The molecule has 1 heterocycles. The Bertz CT molecular complexity index is 548. The molecule has 0 aliphatic carbocycles. The highest BCUT2D eigenvalue weighted by atomic mass is 32.2. The molecule has 120 valence electrons. The van der Waals surface area contributed by atoms with Crippen molar-refractivity contribution in [2.24, 2.45) is 0 Å². The molecule has 1 aromatic rings. The highest BCUT2D eigenvalue weighted by Crippen LogP contribution is 2.30. The van der Waals surface area contributed by atoms with Crippen LogP contribution in [0.3, 0.4) is 0 Å². The van der Waals surface area contributed by atoms with E-state index in [1.165, 1.54) is 0 Å². The fraction of sp³-hybridized carbons (Fsp3) is 0.500. The van der Waals surface area contributed by atoms with Gasteiger partial charge in [0.25, 0.3) is 0 Å². The largest absolute Gasteiger partial charge is 0.376 e. The average Bonchev–Trinajstić information content (AvgIpc) is 2.93. The van der Waals surface area contributed by atoms with Crippen LogP contribution in [0.25, 0.3) is 0 Å². The fourth-order valence-corrected chi connectivity index (χ4v) is 3.91. The van der Waals surface area contributed by atoms with Crippen LogP contribution in [-0.2, 0) is 14.3 Å². The lowest BCUT2D eigenvalue weighted by atomic mass is 10.0. The number of hydrogen-bond acceptors (Lipinski definition) is 4. The number of hydrogen-bond donors (Lipinski definition) is 2. The number of methoxy groups -OCH3 is 1. The predicted molar refractivity (Wildman–Crippen MR) is 89.2 cm³/mol. The zero-order valence-corrected chi connectivity index (χ0v) is 14.0. The number of carbonyl (C=O) groups excluding carboxylic acids is 2. The molecular weight excluding hydrogens is 300 g/mol. The van der Waals surface area contributed by atoms with E-state index < -0.39 is 11.8 Å². The van der Waals surface area contributed by atoms with Crippen LogP contribution in [0, 0.1) is 13.8 Å². The summed E-state index contributed by atoms with van der Waals surface area (Å²) in [6.45, 7) is 4.25. The molecule has 0 spiro atoms. The van der Waals surface area contributed by atoms with Gasteiger partial charge in [0.2, 0.25) is 0 Å². The summed E-state index contributed by atoms with van der Waals surface area (Å²) in [6, 6.07) is 5.68. The maximum atomic E-state index is 12.0. The van der Waals surface area contributed by atoms with Gasteiger partial charge in [-0.3, -0.25) is 9.59 Å². The van der Waals surface area contributed by atoms with Gasteiger partial charge in [0.05, 0.1) is 5.60 Å². The smallest absolute Gasteiger partial charge is 0.313 e. The number of anilines is 1. The quantitative estimate of drug-likeness (QED) is 0.831. The van der Waals surface area contributed by atoms with E-state index in [1.54, 1.807) is 18.9 Å². The summed E-state index contributed by atoms with van der Waals surface area (Å²) < 4.78 is 5.51. The van der Waals surface area contributed by atoms with E-state index in [-0.39, 0.29) is 5.60 Å². The number of carbonyl (C=O) groups is 2. The van der Waals surface area contributed by atoms with Crippen LogP contribution in [0.4, 0.5) is 5.69 Å². The first-order valence-electron chi connectivity index (χ1n) is 7.24. The number of nitrogens with one attached hydrogen (secondary N) is 2. The van der Waals surface area contributed by atoms with Crippen molar-refractivity contribution in [1.29, 1.82) is 0 Å². The minimum atomic E-state index is -0.651. The monoisotopic (exact) mass is 322 g/mol. The molecule has 1 aliphatic heterocycles. The van der Waals surface area contributed by atoms with E-state index in [2.05, 4.69) is 10.6 Å². The number of benzene rings is 1. The molecule has 1 fully saturated rings. The second-order valence-electron chi connectivity index (χ2n) is 5.70. The minimum Gasteiger partial charge on any atom is -0.376 e. The van der Waals surface area contributed by atoms with Crippen LogP contribution in [0.15, 0.2) is 18.2 Å². The van der Waals surface area contributed by atoms with Crippen molar-refractivity contribution in [3.05, 3.63) is 29.3 Å². The first-order chi connectivity index (χ1) is 10.4. The molecule has 2 amide bonds. The molecule has 1 unspecified atom stereocenters. The summed E-state index contributed by atoms with van der Waals surface area (Å²) in [5.41, 5.74) is 2.37. The van der Waals surface area contributed by atoms with Gasteiger partial charge in [-0.2, -0.15) is 11.8 Å². The topological polar surface area (TPSA) is 67.4 Å². The maximum absolute atomic E-state index is 12.0. The summed E-state index contributed by atoms with van der Waals surface area (Å²) >= 11 is 1.79. The fourth-order valence-electron chi connectivity index (χ4n) is 2.52. The molecule has 6 heteroatoms. The second-order valence-corrected chi connectivity index (χ2v) is 6.81. The van der Waals surface area contributed by atoms with Crippen LogP contribution in [0.2, 0.25) is 0 Å². The van der Waals surface area contributed by atoms with Gasteiger partial charge >= 0.3 is 11.8 Å². The van der Waals surface area contributed by atoms with Crippen molar-refractivity contribution in [3.63, 3.8) is 0 Å². The lowest BCUT2D eigenvalue weighted by molar-refractivity contribution is -0.136. The van der Waals surface area contributed by atoms with Gasteiger partial charge in [0.15, 0.2) is 0 Å². The Labute approximate surface area is 135 Å². The van der Waals surface area contributed by atoms with Gasteiger partial charge in [-0.05, 0) is 49.3 Å². The molecule has 0 saturated carbocycles. The normalized spacial score (nSPS) is 20.7. The molecule has 2 N–H and O–H groups in total. The molecule has 1 saturated heterocycles. The molecule has 1 aromatic carbocycles. The van der Waals surface area contributed by atoms with Crippen molar-refractivity contribution in [2.45, 2.75) is 25.9 Å². The molecular formula is C16H22N2O3S. The average molecular weight is 322 g/mol. The van der Waals surface area contributed by atoms with Gasteiger partial charge in [0.1, 0.15) is 0 Å². The Kier molecular flexibility index (Phi) is 5.47. The van der Waals surface area contributed by atoms with E-state index in [1.807, 2.05) is 32.0 Å². The van der Waals surface area contributed by atoms with Gasteiger partial charge in [0, 0.05) is 25.1 Å². The molecule has 22 heavy (non-hydrogen) atoms. The Hall–Kier alpha value is -1.53. The molecule has 0 bridgehead atoms. The highest BCUT2D eigenvalue weighted by Gasteiger charge is 2.35. The predicted octanol–water partition coefficient (Wildman–Crippen LogP) is 1.88. The number of thioether (sulfide) groups is 1. The first-order valence-corrected chi connectivity index (χ1v) is 8.40. The third-order valence-corrected chi connectivity index (χ3v) is 4.98. The van der Waals surface area contributed by atoms with E-state index in [0.29, 0.717) is 12.2 Å². The molecule has 5 nitrogen and oxygen atoms in total. The third-order valence-electron chi connectivity index (χ3n) is 3.76. The summed E-state index contributed by atoms with van der Waals surface area (Å²) in [7, 11) is 1.65. The Morgan fingerprint density at radius 1 is 1.23 bits per heavy atom. The standard InChI is InChI=1S/C16H22N2O3S/c1-11-6-12(2)8-13(7-11)18-15(20)14(19)17-9-16(21-3)4-5-22-10-16/h6-8H,4-5,9-10H2,1-3H3,(H,17,19)(H,18,20). The summed E-state index contributed by atoms with van der Waals surface area (Å²) in [5, 5.41) is 5.31. The van der Waals surface area contributed by atoms with Crippen molar-refractivity contribution in [2.75, 3.05) is 30.5 Å². The van der Waals surface area contributed by atoms with Crippen LogP contribution < -0.4 is 10.6 Å². The number of aryl methyl sites for hydroxylation is 2. The van der Waals surface area contributed by atoms with Crippen molar-refractivity contribution >= 4 is 29.3 Å². The highest BCUT2D eigenvalue weighted by molar-refractivity contribution is 7.99. The minimum absolute atomic E-state index is 0.347. The van der Waals surface area contributed by atoms with Crippen LogP contribution in [0.5, 0.6) is 0 Å². The first kappa shape index (κ1) is 16.8. The number of rotatable bonds is 4. The van der Waals surface area contributed by atoms with Crippen LogP contribution in [0.1, 0.15) is 17.5 Å². The van der Waals surface area contributed by atoms with Crippen molar-refractivity contribution in [3.8, 4) is 0 Å². The van der Waals surface area contributed by atoms with Gasteiger partial charge in [-0.15, -0.1) is 0 Å². The lowest BCUT2D eigenvalue weighted by Gasteiger charge is -2.26. The lowest BCUT2D eigenvalue weighted by Crippen LogP contribution is -2.47. The van der Waals surface area contributed by atoms with E-state index in [4.69, 9.17) is 4.74 Å². The summed E-state index contributed by atoms with van der Waals surface area (Å²) in [6.07, 6.45) is 0.882. The molecule has 1 aliphatic rings. The van der Waals surface area contributed by atoms with E-state index >= 15 is 0 Å². The summed E-state index contributed by atoms with van der Waals surface area (Å²) in [4.78, 5) is 23.9. The number of ether oxygens (including phenoxy) is 1. The zero-order chi connectivity index (χ0) is 16.2. The SMILES string of the molecule is COC1(CNC(=O)C(=O)Nc2cc(C)cc(C)c2)CCSC1. The molecule has 2 rings (SSSR count). The molecule has 1 atom stereocenters. The molecule has 0 radical (unpaired) electrons. The third kappa shape index (κ3) is 4.24. The van der Waals surface area contributed by atoms with Gasteiger partial charge in [-0.25, -0.2) is 0 Å². The van der Waals surface area contributed by atoms with Gasteiger partial charge < -0.3 is 15.4 Å².